The van der Waals surface area contributed by atoms with Crippen LogP contribution in [-0.4, -0.2) is 21.3 Å². The molecule has 1 aliphatic heterocycles. The molecule has 2 unspecified atom stereocenters. The van der Waals surface area contributed by atoms with E-state index in [0.29, 0.717) is 5.56 Å². The Labute approximate surface area is 175 Å². The van der Waals surface area contributed by atoms with E-state index in [2.05, 4.69) is 4.98 Å². The molecule has 0 saturated carbocycles. The zero-order valence-electron chi connectivity index (χ0n) is 19.4. The summed E-state index contributed by atoms with van der Waals surface area (Å²) in [5.74, 6) is 0.0390. The molecule has 4 rings (SSSR count). The van der Waals surface area contributed by atoms with Gasteiger partial charge in [0, 0.05) is 23.0 Å². The largest absolute Gasteiger partial charge is 0.356 e. The van der Waals surface area contributed by atoms with E-state index in [1.54, 1.807) is 0 Å². The first-order valence-corrected chi connectivity index (χ1v) is 10.8. The quantitative estimate of drug-likeness (QED) is 0.367. The van der Waals surface area contributed by atoms with Gasteiger partial charge in [-0.3, -0.25) is 4.79 Å². The Bertz CT molecular complexity index is 913. The van der Waals surface area contributed by atoms with Gasteiger partial charge >= 0.3 is 0 Å². The summed E-state index contributed by atoms with van der Waals surface area (Å²) in [5.41, 5.74) is 5.61. The topological polar surface area (TPSA) is 46.9 Å². The smallest absolute Gasteiger partial charge is 0.195 e. The molecule has 2 aromatic heterocycles. The van der Waals surface area contributed by atoms with Gasteiger partial charge in [-0.15, -0.1) is 0 Å². The highest BCUT2D eigenvalue weighted by atomic mass is 16.6. The first-order valence-electron chi connectivity index (χ1n) is 10.8. The Morgan fingerprint density at radius 1 is 0.931 bits per heavy atom. The number of epoxide rings is 1. The molecule has 0 radical (unpaired) electrons. The molecule has 1 aromatic carbocycles. The fraction of sp³-hybridized carbons (Fsp3) is 0.440. The van der Waals surface area contributed by atoms with Crippen LogP contribution in [0.15, 0.2) is 42.6 Å². The second-order valence-electron chi connectivity index (χ2n) is 6.08. The lowest BCUT2D eigenvalue weighted by Gasteiger charge is -2.06. The molecule has 4 heteroatoms. The number of imidazole rings is 1. The van der Waals surface area contributed by atoms with Crippen LogP contribution < -0.4 is 0 Å². The summed E-state index contributed by atoms with van der Waals surface area (Å²) in [6.45, 7) is 18.0. The number of fused-ring (bicyclic) bond motifs is 1. The van der Waals surface area contributed by atoms with Crippen LogP contribution in [0.4, 0.5) is 0 Å². The molecular weight excluding hydrogens is 360 g/mol. The number of carbonyl (C=O) groups is 1. The molecule has 29 heavy (non-hydrogen) atoms. The van der Waals surface area contributed by atoms with E-state index in [4.69, 9.17) is 4.74 Å². The van der Waals surface area contributed by atoms with Crippen LogP contribution >= 0.6 is 0 Å². The first kappa shape index (κ1) is 24.6. The number of benzene rings is 1. The van der Waals surface area contributed by atoms with Crippen LogP contribution in [0.5, 0.6) is 0 Å². The van der Waals surface area contributed by atoms with Crippen molar-refractivity contribution in [1.82, 2.24) is 9.38 Å². The standard InChI is InChI=1S/C19H18N2O2.3C2H6/c1-11-15(9-10-21-13(3)12(2)20-19(11)21)16(22)18-17(23-18)14-7-5-4-6-8-14;3*1-2/h4-10,17-18H,1-3H3;3*1-2H3. The van der Waals surface area contributed by atoms with E-state index in [1.807, 2.05) is 109 Å². The summed E-state index contributed by atoms with van der Waals surface area (Å²) in [7, 11) is 0. The fourth-order valence-electron chi connectivity index (χ4n) is 3.10. The predicted octanol–water partition coefficient (Wildman–Crippen LogP) is 6.66. The highest BCUT2D eigenvalue weighted by Gasteiger charge is 2.46. The van der Waals surface area contributed by atoms with Crippen molar-refractivity contribution < 1.29 is 9.53 Å². The van der Waals surface area contributed by atoms with E-state index in [9.17, 15) is 4.79 Å². The van der Waals surface area contributed by atoms with Crippen molar-refractivity contribution in [2.75, 3.05) is 0 Å². The van der Waals surface area contributed by atoms with Gasteiger partial charge in [0.2, 0.25) is 0 Å². The normalized spacial score (nSPS) is 16.4. The number of pyridine rings is 1. The number of aromatic nitrogens is 2. The zero-order valence-corrected chi connectivity index (χ0v) is 19.4. The van der Waals surface area contributed by atoms with Crippen molar-refractivity contribution in [3.05, 3.63) is 70.7 Å². The number of Topliss-reactive ketones (excluding diaryl/α,β-unsaturated/α-hetero) is 1. The molecule has 0 N–H and O–H groups in total. The second kappa shape index (κ2) is 11.5. The zero-order chi connectivity index (χ0) is 22.1. The summed E-state index contributed by atoms with van der Waals surface area (Å²) in [5, 5.41) is 0. The van der Waals surface area contributed by atoms with Gasteiger partial charge in [0.05, 0.1) is 5.69 Å². The van der Waals surface area contributed by atoms with Crippen molar-refractivity contribution in [3.63, 3.8) is 0 Å². The van der Waals surface area contributed by atoms with Crippen LogP contribution in [0.2, 0.25) is 0 Å². The molecule has 3 aromatic rings. The second-order valence-corrected chi connectivity index (χ2v) is 6.08. The number of hydrogen-bond acceptors (Lipinski definition) is 3. The predicted molar refractivity (Wildman–Crippen MR) is 122 cm³/mol. The van der Waals surface area contributed by atoms with Crippen molar-refractivity contribution in [1.29, 1.82) is 0 Å². The average Bonchev–Trinajstić information content (AvgIpc) is 3.54. The monoisotopic (exact) mass is 396 g/mol. The summed E-state index contributed by atoms with van der Waals surface area (Å²) in [6, 6.07) is 11.8. The van der Waals surface area contributed by atoms with Crippen molar-refractivity contribution in [2.45, 2.75) is 74.5 Å². The molecule has 1 aliphatic rings. The first-order chi connectivity index (χ1) is 14.1. The third-order valence-corrected chi connectivity index (χ3v) is 4.66. The molecule has 3 heterocycles. The maximum atomic E-state index is 12.8. The van der Waals surface area contributed by atoms with E-state index >= 15 is 0 Å². The van der Waals surface area contributed by atoms with Gasteiger partial charge in [0.1, 0.15) is 11.8 Å². The molecule has 158 valence electrons. The van der Waals surface area contributed by atoms with Gasteiger partial charge in [-0.2, -0.15) is 0 Å². The fourth-order valence-corrected chi connectivity index (χ4v) is 3.10. The number of nitrogens with zero attached hydrogens (tertiary/aromatic N) is 2. The van der Waals surface area contributed by atoms with E-state index in [-0.39, 0.29) is 18.0 Å². The van der Waals surface area contributed by atoms with Crippen molar-refractivity contribution >= 4 is 11.4 Å². The number of carbonyl (C=O) groups excluding carboxylic acids is 1. The van der Waals surface area contributed by atoms with Gasteiger partial charge in [-0.25, -0.2) is 4.98 Å². The Morgan fingerprint density at radius 3 is 2.10 bits per heavy atom. The number of hydrogen-bond donors (Lipinski definition) is 0. The molecule has 2 atom stereocenters. The van der Waals surface area contributed by atoms with Gasteiger partial charge in [0.25, 0.3) is 0 Å². The Kier molecular flexibility index (Phi) is 9.76. The number of ketones is 1. The number of ether oxygens (including phenoxy) is 1. The van der Waals surface area contributed by atoms with E-state index < -0.39 is 0 Å². The van der Waals surface area contributed by atoms with Crippen LogP contribution in [0, 0.1) is 20.8 Å². The molecule has 0 amide bonds. The number of aryl methyl sites for hydroxylation is 3. The van der Waals surface area contributed by atoms with Crippen molar-refractivity contribution in [2.24, 2.45) is 0 Å². The lowest BCUT2D eigenvalue weighted by Crippen LogP contribution is -2.11. The van der Waals surface area contributed by atoms with Crippen LogP contribution in [0.1, 0.15) is 80.5 Å². The number of rotatable bonds is 3. The van der Waals surface area contributed by atoms with Gasteiger partial charge < -0.3 is 9.14 Å². The third-order valence-electron chi connectivity index (χ3n) is 4.66. The van der Waals surface area contributed by atoms with Crippen LogP contribution in [-0.2, 0) is 4.74 Å². The Hall–Kier alpha value is -2.46. The van der Waals surface area contributed by atoms with Gasteiger partial charge in [-0.1, -0.05) is 71.9 Å². The minimum absolute atomic E-state index is 0.0390. The molecular formula is C25H36N2O2. The highest BCUT2D eigenvalue weighted by molar-refractivity contribution is 6.03. The van der Waals surface area contributed by atoms with Gasteiger partial charge in [-0.05, 0) is 32.4 Å². The maximum Gasteiger partial charge on any atom is 0.195 e. The van der Waals surface area contributed by atoms with Crippen LogP contribution in [0.25, 0.3) is 5.65 Å². The van der Waals surface area contributed by atoms with E-state index in [1.165, 1.54) is 0 Å². The summed E-state index contributed by atoms with van der Waals surface area (Å²) >= 11 is 0. The van der Waals surface area contributed by atoms with E-state index in [0.717, 1.165) is 28.2 Å². The van der Waals surface area contributed by atoms with Gasteiger partial charge in [0.15, 0.2) is 11.9 Å². The third kappa shape index (κ3) is 5.13. The maximum absolute atomic E-state index is 12.8. The van der Waals surface area contributed by atoms with Crippen LogP contribution in [0.3, 0.4) is 0 Å². The lowest BCUT2D eigenvalue weighted by atomic mass is 10.0. The molecule has 0 bridgehead atoms. The minimum atomic E-state index is -0.379. The summed E-state index contributed by atoms with van der Waals surface area (Å²) in [6.07, 6.45) is 1.42. The SMILES string of the molecule is CC.CC.CC.Cc1nc2c(C)c(C(=O)C3OC3c3ccccc3)ccn2c1C. The molecule has 0 spiro atoms. The van der Waals surface area contributed by atoms with Crippen molar-refractivity contribution in [3.8, 4) is 0 Å². The summed E-state index contributed by atoms with van der Waals surface area (Å²) < 4.78 is 7.67. The Balaban J connectivity index is 0.000000644. The molecule has 0 aliphatic carbocycles. The minimum Gasteiger partial charge on any atom is -0.356 e. The molecule has 4 nitrogen and oxygen atoms in total. The lowest BCUT2D eigenvalue weighted by molar-refractivity contribution is 0.0953. The Morgan fingerprint density at radius 2 is 1.52 bits per heavy atom. The average molecular weight is 397 g/mol. The summed E-state index contributed by atoms with van der Waals surface area (Å²) in [4.78, 5) is 17.4. The highest BCUT2D eigenvalue weighted by Crippen LogP contribution is 2.41. The molecule has 1 fully saturated rings. The molecule has 1 saturated heterocycles.